The van der Waals surface area contributed by atoms with E-state index in [4.69, 9.17) is 33.8 Å². The molecule has 0 amide bonds. The summed E-state index contributed by atoms with van der Waals surface area (Å²) in [5.41, 5.74) is 1.35. The van der Waals surface area contributed by atoms with Gasteiger partial charge in [0, 0.05) is 48.7 Å². The van der Waals surface area contributed by atoms with Gasteiger partial charge in [-0.15, -0.1) is 0 Å². The highest BCUT2D eigenvalue weighted by molar-refractivity contribution is 7.80. The van der Waals surface area contributed by atoms with Crippen molar-refractivity contribution in [2.24, 2.45) is 5.92 Å². The Labute approximate surface area is 232 Å². The zero-order chi connectivity index (χ0) is 25.8. The van der Waals surface area contributed by atoms with Crippen LogP contribution < -0.4 is 20.4 Å². The first-order valence-corrected chi connectivity index (χ1v) is 14.9. The Morgan fingerprint density at radius 1 is 1.00 bits per heavy atom. The Balaban J connectivity index is 1.33. The van der Waals surface area contributed by atoms with Gasteiger partial charge in [0.1, 0.15) is 11.6 Å². The van der Waals surface area contributed by atoms with Gasteiger partial charge < -0.3 is 20.4 Å². The molecule has 1 aliphatic carbocycles. The molecule has 0 bridgehead atoms. The van der Waals surface area contributed by atoms with Crippen molar-refractivity contribution in [2.75, 3.05) is 41.3 Å². The van der Waals surface area contributed by atoms with Gasteiger partial charge in [-0.3, -0.25) is 0 Å². The van der Waals surface area contributed by atoms with Crippen molar-refractivity contribution in [3.63, 3.8) is 0 Å². The summed E-state index contributed by atoms with van der Waals surface area (Å²) in [6.07, 6.45) is 10.8. The fraction of sp³-hybridized carbons (Fsp3) is 0.621. The molecule has 0 radical (unpaired) electrons. The van der Waals surface area contributed by atoms with Crippen LogP contribution in [-0.4, -0.2) is 47.3 Å². The summed E-state index contributed by atoms with van der Waals surface area (Å²) < 4.78 is 0. The van der Waals surface area contributed by atoms with Crippen molar-refractivity contribution in [3.05, 3.63) is 40.9 Å². The van der Waals surface area contributed by atoms with Crippen molar-refractivity contribution < 1.29 is 0 Å². The minimum absolute atomic E-state index is 0.0538. The van der Waals surface area contributed by atoms with Gasteiger partial charge in [0.05, 0.1) is 0 Å². The van der Waals surface area contributed by atoms with E-state index in [0.717, 1.165) is 61.6 Å². The summed E-state index contributed by atoms with van der Waals surface area (Å²) in [6.45, 7) is 8.54. The average Bonchev–Trinajstić information content (AvgIpc) is 3.38. The summed E-state index contributed by atoms with van der Waals surface area (Å²) in [7, 11) is 0. The van der Waals surface area contributed by atoms with Crippen LogP contribution >= 0.6 is 23.8 Å². The number of halogens is 1. The minimum Gasteiger partial charge on any atom is -0.361 e. The first-order chi connectivity index (χ1) is 17.9. The SMILES string of the molecule is CC1CCN(c2cc(N3CCCC[C@@H]3C)nc(NC(=S)NCC3(c4cccc(Cl)c4)CCCC3)n2)CC1. The molecule has 5 rings (SSSR count). The summed E-state index contributed by atoms with van der Waals surface area (Å²) in [5.74, 6) is 3.37. The van der Waals surface area contributed by atoms with Gasteiger partial charge in [-0.1, -0.05) is 43.5 Å². The molecule has 2 N–H and O–H groups in total. The van der Waals surface area contributed by atoms with E-state index in [-0.39, 0.29) is 5.41 Å². The standard InChI is InChI=1S/C29H41ClN6S/c1-21-11-16-35(17-12-21)25-19-26(36-15-6-3-8-22(36)2)33-27(32-25)34-28(37)31-20-29(13-4-5-14-29)23-9-7-10-24(30)18-23/h7,9-10,18-19,21-22H,3-6,8,11-17,20H2,1-2H3,(H2,31,32,33,34,37)/t22-/m0/s1. The van der Waals surface area contributed by atoms with Crippen molar-refractivity contribution >= 4 is 46.5 Å². The minimum atomic E-state index is 0.0538. The van der Waals surface area contributed by atoms with E-state index < -0.39 is 0 Å². The number of hydrogen-bond donors (Lipinski definition) is 2. The predicted molar refractivity (Wildman–Crippen MR) is 159 cm³/mol. The first kappa shape index (κ1) is 26.5. The number of hydrogen-bond acceptors (Lipinski definition) is 5. The predicted octanol–water partition coefficient (Wildman–Crippen LogP) is 6.54. The molecule has 0 unspecified atom stereocenters. The zero-order valence-electron chi connectivity index (χ0n) is 22.3. The van der Waals surface area contributed by atoms with Crippen molar-refractivity contribution in [3.8, 4) is 0 Å². The third-order valence-electron chi connectivity index (χ3n) is 8.71. The molecule has 37 heavy (non-hydrogen) atoms. The maximum absolute atomic E-state index is 6.35. The van der Waals surface area contributed by atoms with Crippen LogP contribution in [0.4, 0.5) is 17.6 Å². The maximum Gasteiger partial charge on any atom is 0.232 e. The average molecular weight is 541 g/mol. The molecule has 1 atom stereocenters. The summed E-state index contributed by atoms with van der Waals surface area (Å²) in [5, 5.41) is 8.23. The molecule has 8 heteroatoms. The summed E-state index contributed by atoms with van der Waals surface area (Å²) >= 11 is 12.1. The fourth-order valence-electron chi connectivity index (χ4n) is 6.30. The molecule has 1 saturated carbocycles. The molecule has 1 aromatic carbocycles. The molecule has 6 nitrogen and oxygen atoms in total. The maximum atomic E-state index is 6.35. The lowest BCUT2D eigenvalue weighted by Crippen LogP contribution is -2.41. The fourth-order valence-corrected chi connectivity index (χ4v) is 6.65. The number of piperidine rings is 2. The van der Waals surface area contributed by atoms with E-state index in [9.17, 15) is 0 Å². The molecular weight excluding hydrogens is 500 g/mol. The summed E-state index contributed by atoms with van der Waals surface area (Å²) in [6, 6.07) is 11.0. The van der Waals surface area contributed by atoms with Crippen LogP contribution in [0.15, 0.2) is 30.3 Å². The largest absolute Gasteiger partial charge is 0.361 e. The number of nitrogens with zero attached hydrogens (tertiary/aromatic N) is 4. The van der Waals surface area contributed by atoms with Crippen LogP contribution in [0.2, 0.25) is 5.02 Å². The first-order valence-electron chi connectivity index (χ1n) is 14.1. The number of anilines is 3. The van der Waals surface area contributed by atoms with Crippen LogP contribution in [0.5, 0.6) is 0 Å². The van der Waals surface area contributed by atoms with Crippen LogP contribution in [0.3, 0.4) is 0 Å². The Hall–Kier alpha value is -2.12. The van der Waals surface area contributed by atoms with E-state index >= 15 is 0 Å². The second kappa shape index (κ2) is 11.7. The van der Waals surface area contributed by atoms with E-state index in [1.165, 1.54) is 50.5 Å². The van der Waals surface area contributed by atoms with Crippen LogP contribution in [0.25, 0.3) is 0 Å². The number of nitrogens with one attached hydrogen (secondary N) is 2. The molecule has 0 spiro atoms. The molecular formula is C29H41ClN6S. The molecule has 3 fully saturated rings. The highest BCUT2D eigenvalue weighted by atomic mass is 35.5. The highest BCUT2D eigenvalue weighted by Gasteiger charge is 2.36. The van der Waals surface area contributed by atoms with Crippen LogP contribution in [0.1, 0.15) is 77.2 Å². The van der Waals surface area contributed by atoms with Crippen molar-refractivity contribution in [1.82, 2.24) is 15.3 Å². The molecule has 2 aliphatic heterocycles. The molecule has 200 valence electrons. The summed E-state index contributed by atoms with van der Waals surface area (Å²) in [4.78, 5) is 14.7. The molecule has 2 saturated heterocycles. The van der Waals surface area contributed by atoms with Gasteiger partial charge >= 0.3 is 0 Å². The van der Waals surface area contributed by atoms with Crippen LogP contribution in [0, 0.1) is 5.92 Å². The second-order valence-electron chi connectivity index (χ2n) is 11.4. The lowest BCUT2D eigenvalue weighted by atomic mass is 9.79. The number of aromatic nitrogens is 2. The van der Waals surface area contributed by atoms with Gasteiger partial charge in [-0.2, -0.15) is 9.97 Å². The van der Waals surface area contributed by atoms with Crippen molar-refractivity contribution in [1.29, 1.82) is 0 Å². The van der Waals surface area contributed by atoms with Gasteiger partial charge in [-0.25, -0.2) is 0 Å². The number of benzene rings is 1. The molecule has 2 aromatic rings. The normalized spacial score (nSPS) is 22.2. The van der Waals surface area contributed by atoms with Gasteiger partial charge in [-0.05, 0) is 87.7 Å². The molecule has 3 aliphatic rings. The molecule has 1 aromatic heterocycles. The zero-order valence-corrected chi connectivity index (χ0v) is 23.9. The Morgan fingerprint density at radius 2 is 1.76 bits per heavy atom. The monoisotopic (exact) mass is 540 g/mol. The lowest BCUT2D eigenvalue weighted by molar-refractivity contribution is 0.435. The number of thiocarbonyl (C=S) groups is 1. The second-order valence-corrected chi connectivity index (χ2v) is 12.3. The van der Waals surface area contributed by atoms with E-state index in [0.29, 0.717) is 17.1 Å². The quantitative estimate of drug-likeness (QED) is 0.403. The Bertz CT molecular complexity index is 1080. The smallest absolute Gasteiger partial charge is 0.232 e. The van der Waals surface area contributed by atoms with E-state index in [1.54, 1.807) is 0 Å². The number of rotatable bonds is 6. The topological polar surface area (TPSA) is 56.3 Å². The van der Waals surface area contributed by atoms with Gasteiger partial charge in [0.2, 0.25) is 5.95 Å². The van der Waals surface area contributed by atoms with E-state index in [1.807, 2.05) is 6.07 Å². The Kier molecular flexibility index (Phi) is 8.40. The van der Waals surface area contributed by atoms with Gasteiger partial charge in [0.25, 0.3) is 0 Å². The third kappa shape index (κ3) is 6.31. The van der Waals surface area contributed by atoms with Gasteiger partial charge in [0.15, 0.2) is 5.11 Å². The van der Waals surface area contributed by atoms with Crippen LogP contribution in [-0.2, 0) is 5.41 Å². The molecule has 3 heterocycles. The lowest BCUT2D eigenvalue weighted by Gasteiger charge is -2.36. The highest BCUT2D eigenvalue weighted by Crippen LogP contribution is 2.41. The van der Waals surface area contributed by atoms with Crippen molar-refractivity contribution in [2.45, 2.75) is 83.1 Å². The van der Waals surface area contributed by atoms with E-state index in [2.05, 4.69) is 58.5 Å². The third-order valence-corrected chi connectivity index (χ3v) is 9.20. The Morgan fingerprint density at radius 3 is 2.49 bits per heavy atom.